The van der Waals surface area contributed by atoms with Crippen LogP contribution < -0.4 is 21.7 Å². The van der Waals surface area contributed by atoms with Crippen LogP contribution in [0.1, 0.15) is 19.3 Å². The van der Waals surface area contributed by atoms with Gasteiger partial charge >= 0.3 is 0 Å². The van der Waals surface area contributed by atoms with Crippen LogP contribution >= 0.6 is 0 Å². The van der Waals surface area contributed by atoms with E-state index in [0.717, 1.165) is 19.4 Å². The smallest absolute Gasteiger partial charge is 0.234 e. The molecule has 0 saturated carbocycles. The van der Waals surface area contributed by atoms with Gasteiger partial charge in [0.05, 0.1) is 17.5 Å². The first-order chi connectivity index (χ1) is 9.51. The lowest BCUT2D eigenvalue weighted by atomic mass is 10.2. The fraction of sp³-hybridized carbons (Fsp3) is 0.917. The molecule has 7 nitrogen and oxygen atoms in total. The summed E-state index contributed by atoms with van der Waals surface area (Å²) >= 11 is 0. The average Bonchev–Trinajstić information content (AvgIpc) is 2.80. The van der Waals surface area contributed by atoms with Gasteiger partial charge in [0.1, 0.15) is 0 Å². The average molecular weight is 306 g/mol. The van der Waals surface area contributed by atoms with Gasteiger partial charge < -0.3 is 21.7 Å². The van der Waals surface area contributed by atoms with Crippen molar-refractivity contribution in [2.45, 2.75) is 25.3 Å². The summed E-state index contributed by atoms with van der Waals surface area (Å²) < 4.78 is 21.2. The van der Waals surface area contributed by atoms with Crippen molar-refractivity contribution in [2.24, 2.45) is 5.73 Å². The van der Waals surface area contributed by atoms with Crippen LogP contribution in [0.5, 0.6) is 0 Å². The number of sulfone groups is 1. The van der Waals surface area contributed by atoms with Crippen LogP contribution in [0.4, 0.5) is 0 Å². The van der Waals surface area contributed by atoms with Crippen molar-refractivity contribution < 1.29 is 13.2 Å². The highest BCUT2D eigenvalue weighted by atomic mass is 32.2. The summed E-state index contributed by atoms with van der Waals surface area (Å²) in [5.41, 5.74) is 5.00. The van der Waals surface area contributed by atoms with Crippen molar-refractivity contribution >= 4 is 15.7 Å². The number of nitrogens with two attached hydrogens (primary N) is 1. The summed E-state index contributed by atoms with van der Waals surface area (Å²) in [4.78, 5) is 10.4. The van der Waals surface area contributed by atoms with Crippen LogP contribution in [-0.4, -0.2) is 64.6 Å². The van der Waals surface area contributed by atoms with Crippen molar-refractivity contribution in [1.82, 2.24) is 16.0 Å². The molecule has 3 aliphatic heterocycles. The molecule has 118 valence electrons. The van der Waals surface area contributed by atoms with E-state index in [-0.39, 0.29) is 11.9 Å². The van der Waals surface area contributed by atoms with Gasteiger partial charge in [-0.2, -0.15) is 0 Å². The SMILES string of the molecule is C1CNC1.NC(=O)C1CCCN1.O=S1(=O)CCNCC1. The topological polar surface area (TPSA) is 113 Å². The molecule has 5 N–H and O–H groups in total. The number of primary amides is 1. The molecule has 0 spiro atoms. The molecule has 0 bridgehead atoms. The molecule has 0 radical (unpaired) electrons. The minimum absolute atomic E-state index is 0.0463. The van der Waals surface area contributed by atoms with Crippen molar-refractivity contribution in [3.05, 3.63) is 0 Å². The molecule has 1 amide bonds. The highest BCUT2D eigenvalue weighted by molar-refractivity contribution is 7.91. The van der Waals surface area contributed by atoms with Gasteiger partial charge in [-0.25, -0.2) is 8.42 Å². The molecule has 1 unspecified atom stereocenters. The first-order valence-electron chi connectivity index (χ1n) is 7.16. The maximum atomic E-state index is 10.6. The van der Waals surface area contributed by atoms with E-state index in [1.165, 1.54) is 19.5 Å². The van der Waals surface area contributed by atoms with E-state index < -0.39 is 9.84 Å². The van der Waals surface area contributed by atoms with E-state index in [0.29, 0.717) is 24.6 Å². The van der Waals surface area contributed by atoms with Gasteiger partial charge in [-0.15, -0.1) is 0 Å². The number of hydrogen-bond donors (Lipinski definition) is 4. The van der Waals surface area contributed by atoms with E-state index in [2.05, 4.69) is 16.0 Å². The summed E-state index contributed by atoms with van der Waals surface area (Å²) in [6.45, 7) is 4.69. The predicted octanol–water partition coefficient (Wildman–Crippen LogP) is -1.79. The molecule has 1 atom stereocenters. The highest BCUT2D eigenvalue weighted by Gasteiger charge is 2.18. The lowest BCUT2D eigenvalue weighted by molar-refractivity contribution is -0.119. The summed E-state index contributed by atoms with van der Waals surface area (Å²) in [5, 5.41) is 9.05. The zero-order valence-corrected chi connectivity index (χ0v) is 12.7. The van der Waals surface area contributed by atoms with Crippen LogP contribution in [0.2, 0.25) is 0 Å². The molecule has 3 saturated heterocycles. The lowest BCUT2D eigenvalue weighted by Crippen LogP contribution is -2.36. The highest BCUT2D eigenvalue weighted by Crippen LogP contribution is 2.02. The van der Waals surface area contributed by atoms with E-state index >= 15 is 0 Å². The fourth-order valence-electron chi connectivity index (χ4n) is 1.79. The lowest BCUT2D eigenvalue weighted by Gasteiger charge is -2.10. The molecule has 0 aliphatic carbocycles. The summed E-state index contributed by atoms with van der Waals surface area (Å²) in [7, 11) is -2.65. The Morgan fingerprint density at radius 1 is 0.950 bits per heavy atom. The van der Waals surface area contributed by atoms with E-state index in [9.17, 15) is 13.2 Å². The van der Waals surface area contributed by atoms with Gasteiger partial charge in [-0.3, -0.25) is 4.79 Å². The zero-order valence-electron chi connectivity index (χ0n) is 11.9. The Kier molecular flexibility index (Phi) is 8.05. The second-order valence-corrected chi connectivity index (χ2v) is 7.36. The molecule has 0 aromatic heterocycles. The predicted molar refractivity (Wildman–Crippen MR) is 79.2 cm³/mol. The zero-order chi connectivity index (χ0) is 14.8. The Hall–Kier alpha value is -0.700. The number of hydrogen-bond acceptors (Lipinski definition) is 6. The number of amides is 1. The molecule has 8 heteroatoms. The molecular formula is C12H26N4O3S. The Balaban J connectivity index is 0.000000158. The monoisotopic (exact) mass is 306 g/mol. The van der Waals surface area contributed by atoms with Crippen LogP contribution in [0.25, 0.3) is 0 Å². The van der Waals surface area contributed by atoms with Gasteiger partial charge in [0, 0.05) is 13.1 Å². The largest absolute Gasteiger partial charge is 0.368 e. The number of rotatable bonds is 1. The third-order valence-corrected chi connectivity index (χ3v) is 4.94. The fourth-order valence-corrected chi connectivity index (χ4v) is 2.90. The van der Waals surface area contributed by atoms with Crippen LogP contribution in [0.3, 0.4) is 0 Å². The molecule has 0 aromatic rings. The number of carbonyl (C=O) groups excluding carboxylic acids is 1. The first-order valence-corrected chi connectivity index (χ1v) is 8.98. The van der Waals surface area contributed by atoms with Gasteiger partial charge in [-0.05, 0) is 38.9 Å². The normalized spacial score (nSPS) is 27.1. The molecule has 3 heterocycles. The van der Waals surface area contributed by atoms with E-state index in [1.807, 2.05) is 0 Å². The van der Waals surface area contributed by atoms with E-state index in [1.54, 1.807) is 0 Å². The third kappa shape index (κ3) is 7.78. The van der Waals surface area contributed by atoms with Crippen molar-refractivity contribution in [3.63, 3.8) is 0 Å². The Morgan fingerprint density at radius 2 is 1.50 bits per heavy atom. The second-order valence-electron chi connectivity index (χ2n) is 5.06. The molecule has 20 heavy (non-hydrogen) atoms. The van der Waals surface area contributed by atoms with Gasteiger partial charge in [0.2, 0.25) is 5.91 Å². The van der Waals surface area contributed by atoms with Crippen LogP contribution in [0.15, 0.2) is 0 Å². The molecule has 3 fully saturated rings. The van der Waals surface area contributed by atoms with Gasteiger partial charge in [-0.1, -0.05) is 0 Å². The molecule has 3 aliphatic rings. The van der Waals surface area contributed by atoms with Crippen molar-refractivity contribution in [1.29, 1.82) is 0 Å². The Morgan fingerprint density at radius 3 is 1.70 bits per heavy atom. The Bertz CT molecular complexity index is 360. The molecule has 0 aromatic carbocycles. The van der Waals surface area contributed by atoms with Crippen LogP contribution in [-0.2, 0) is 14.6 Å². The van der Waals surface area contributed by atoms with Gasteiger partial charge in [0.15, 0.2) is 9.84 Å². The summed E-state index contributed by atoms with van der Waals surface area (Å²) in [5.74, 6) is 0.405. The summed E-state index contributed by atoms with van der Waals surface area (Å²) in [6, 6.07) is -0.0463. The second kappa shape index (κ2) is 9.28. The summed E-state index contributed by atoms with van der Waals surface area (Å²) in [6.07, 6.45) is 3.38. The minimum Gasteiger partial charge on any atom is -0.368 e. The van der Waals surface area contributed by atoms with Crippen molar-refractivity contribution in [3.8, 4) is 0 Å². The third-order valence-electron chi connectivity index (χ3n) is 3.29. The maximum absolute atomic E-state index is 10.6. The first kappa shape index (κ1) is 17.4. The Labute approximate surface area is 121 Å². The minimum atomic E-state index is -2.65. The van der Waals surface area contributed by atoms with Gasteiger partial charge in [0.25, 0.3) is 0 Å². The van der Waals surface area contributed by atoms with Crippen LogP contribution in [0, 0.1) is 0 Å². The molecular weight excluding hydrogens is 280 g/mol. The standard InChI is InChI=1S/C5H10N2O.C4H9NO2S.C3H7N/c6-5(8)4-2-1-3-7-4;6-8(7)3-1-5-2-4-8;1-2-4-3-1/h4,7H,1-3H2,(H2,6,8);5H,1-4H2;4H,1-3H2. The molecule has 3 rings (SSSR count). The van der Waals surface area contributed by atoms with Crippen molar-refractivity contribution in [2.75, 3.05) is 44.2 Å². The maximum Gasteiger partial charge on any atom is 0.234 e. The quantitative estimate of drug-likeness (QED) is 0.455. The number of nitrogens with one attached hydrogen (secondary N) is 3. The number of carbonyl (C=O) groups is 1. The van der Waals surface area contributed by atoms with E-state index in [4.69, 9.17) is 5.73 Å².